The van der Waals surface area contributed by atoms with Gasteiger partial charge in [-0.3, -0.25) is 9.52 Å². The van der Waals surface area contributed by atoms with Gasteiger partial charge in [0, 0.05) is 30.8 Å². The molecule has 1 aliphatic carbocycles. The van der Waals surface area contributed by atoms with Crippen molar-refractivity contribution in [2.24, 2.45) is 0 Å². The number of anilines is 1. The van der Waals surface area contributed by atoms with Gasteiger partial charge >= 0.3 is 0 Å². The summed E-state index contributed by atoms with van der Waals surface area (Å²) >= 11 is 6.14. The lowest BCUT2D eigenvalue weighted by molar-refractivity contribution is -0.0162. The van der Waals surface area contributed by atoms with Gasteiger partial charge in [-0.2, -0.15) is 0 Å². The molecule has 4 rings (SSSR count). The van der Waals surface area contributed by atoms with Crippen molar-refractivity contribution in [3.8, 4) is 0 Å². The third kappa shape index (κ3) is 5.66. The molecular formula is C25H27ClN2O4S. The molecule has 2 aromatic rings. The topological polar surface area (TPSA) is 86.7 Å². The van der Waals surface area contributed by atoms with Gasteiger partial charge in [0.2, 0.25) is 0 Å². The highest BCUT2D eigenvalue weighted by atomic mass is 35.5. The van der Waals surface area contributed by atoms with Crippen LogP contribution < -0.4 is 4.72 Å². The molecule has 2 N–H and O–H groups in total. The fourth-order valence-electron chi connectivity index (χ4n) is 4.20. The molecule has 6 nitrogen and oxygen atoms in total. The minimum Gasteiger partial charge on any atom is -0.389 e. The summed E-state index contributed by atoms with van der Waals surface area (Å²) in [5, 5.41) is 10.3. The quantitative estimate of drug-likeness (QED) is 0.602. The lowest BCUT2D eigenvalue weighted by atomic mass is 9.85. The van der Waals surface area contributed by atoms with E-state index in [1.807, 2.05) is 36.4 Å². The van der Waals surface area contributed by atoms with Gasteiger partial charge in [0.1, 0.15) is 0 Å². The maximum absolute atomic E-state index is 12.9. The first-order valence-corrected chi connectivity index (χ1v) is 12.9. The number of hydrogen-bond donors (Lipinski definition) is 2. The first kappa shape index (κ1) is 23.5. The molecule has 1 aliphatic heterocycles. The molecule has 2 aliphatic rings. The van der Waals surface area contributed by atoms with Gasteiger partial charge in [-0.15, -0.1) is 11.6 Å². The Hall–Kier alpha value is -2.61. The number of carbonyl (C=O) groups excluding carboxylic acids is 1. The molecule has 0 spiro atoms. The fourth-order valence-corrected chi connectivity index (χ4v) is 5.98. The summed E-state index contributed by atoms with van der Waals surface area (Å²) < 4.78 is 27.8. The Morgan fingerprint density at radius 1 is 1.09 bits per heavy atom. The summed E-state index contributed by atoms with van der Waals surface area (Å²) in [6.07, 6.45) is 7.03. The van der Waals surface area contributed by atoms with Gasteiger partial charge in [-0.05, 0) is 55.2 Å². The predicted molar refractivity (Wildman–Crippen MR) is 131 cm³/mol. The lowest BCUT2D eigenvalue weighted by Gasteiger charge is -2.38. The van der Waals surface area contributed by atoms with Crippen molar-refractivity contribution >= 4 is 33.2 Å². The van der Waals surface area contributed by atoms with Crippen LogP contribution in [0, 0.1) is 0 Å². The van der Waals surface area contributed by atoms with Gasteiger partial charge < -0.3 is 10.0 Å². The van der Waals surface area contributed by atoms with Crippen LogP contribution in [-0.4, -0.2) is 48.4 Å². The number of aliphatic hydroxyl groups is 1. The second-order valence-electron chi connectivity index (χ2n) is 8.56. The first-order valence-electron chi connectivity index (χ1n) is 11.0. The standard InChI is InChI=1S/C25H27ClN2O4S/c26-22-8-4-5-9-23(22)33(31,32)27-21-12-10-20(11-13-21)24(29)28-16-14-25(30,15-17-28)18-19-6-2-1-3-7-19/h1-7,9-13,22,27,30H,8,14-18H2. The molecule has 174 valence electrons. The number of nitrogens with zero attached hydrogens (tertiary/aromatic N) is 1. The average molecular weight is 487 g/mol. The van der Waals surface area contributed by atoms with Gasteiger partial charge in [-0.1, -0.05) is 42.5 Å². The molecule has 1 heterocycles. The smallest absolute Gasteiger partial charge is 0.259 e. The molecule has 0 radical (unpaired) electrons. The molecule has 1 fully saturated rings. The Bertz CT molecular complexity index is 1150. The van der Waals surface area contributed by atoms with Crippen LogP contribution in [0.25, 0.3) is 0 Å². The van der Waals surface area contributed by atoms with E-state index in [1.165, 1.54) is 6.08 Å². The van der Waals surface area contributed by atoms with Crippen molar-refractivity contribution in [1.29, 1.82) is 0 Å². The number of amides is 1. The highest BCUT2D eigenvalue weighted by molar-refractivity contribution is 7.96. The number of piperidine rings is 1. The molecular weight excluding hydrogens is 460 g/mol. The average Bonchev–Trinajstić information content (AvgIpc) is 2.80. The van der Waals surface area contributed by atoms with Crippen LogP contribution in [0.2, 0.25) is 0 Å². The number of allylic oxidation sites excluding steroid dienone is 4. The van der Waals surface area contributed by atoms with Crippen molar-refractivity contribution in [2.75, 3.05) is 17.8 Å². The number of sulfonamides is 1. The molecule has 2 aromatic carbocycles. The zero-order valence-corrected chi connectivity index (χ0v) is 19.7. The summed E-state index contributed by atoms with van der Waals surface area (Å²) in [6.45, 7) is 0.935. The van der Waals surface area contributed by atoms with Gasteiger partial charge in [-0.25, -0.2) is 8.42 Å². The molecule has 0 saturated carbocycles. The molecule has 0 aromatic heterocycles. The molecule has 1 atom stereocenters. The number of likely N-dealkylation sites (tertiary alicyclic amines) is 1. The Morgan fingerprint density at radius 2 is 1.76 bits per heavy atom. The van der Waals surface area contributed by atoms with E-state index < -0.39 is 21.0 Å². The van der Waals surface area contributed by atoms with Gasteiger partial charge in [0.25, 0.3) is 15.9 Å². The Balaban J connectivity index is 1.36. The highest BCUT2D eigenvalue weighted by Gasteiger charge is 2.34. The summed E-state index contributed by atoms with van der Waals surface area (Å²) in [5.41, 5.74) is 1.10. The Kier molecular flexibility index (Phi) is 6.93. The largest absolute Gasteiger partial charge is 0.389 e. The first-order chi connectivity index (χ1) is 15.8. The van der Waals surface area contributed by atoms with E-state index in [0.29, 0.717) is 50.0 Å². The summed E-state index contributed by atoms with van der Waals surface area (Å²) in [7, 11) is -3.77. The van der Waals surface area contributed by atoms with Crippen LogP contribution in [0.1, 0.15) is 35.2 Å². The lowest BCUT2D eigenvalue weighted by Crippen LogP contribution is -2.47. The van der Waals surface area contributed by atoms with Gasteiger partial charge in [0.15, 0.2) is 0 Å². The third-order valence-electron chi connectivity index (χ3n) is 6.10. The number of hydrogen-bond acceptors (Lipinski definition) is 4. The van der Waals surface area contributed by atoms with Crippen LogP contribution in [0.4, 0.5) is 5.69 Å². The number of benzene rings is 2. The van der Waals surface area contributed by atoms with Crippen molar-refractivity contribution in [1.82, 2.24) is 4.90 Å². The Morgan fingerprint density at radius 3 is 2.39 bits per heavy atom. The summed E-state index contributed by atoms with van der Waals surface area (Å²) in [6, 6.07) is 16.2. The fraction of sp³-hybridized carbons (Fsp3) is 0.320. The molecule has 0 bridgehead atoms. The highest BCUT2D eigenvalue weighted by Crippen LogP contribution is 2.28. The van der Waals surface area contributed by atoms with Crippen molar-refractivity contribution in [3.05, 3.63) is 88.9 Å². The van der Waals surface area contributed by atoms with Crippen molar-refractivity contribution < 1.29 is 18.3 Å². The van der Waals surface area contributed by atoms with Crippen molar-refractivity contribution in [2.45, 2.75) is 36.7 Å². The van der Waals surface area contributed by atoms with Crippen molar-refractivity contribution in [3.63, 3.8) is 0 Å². The minimum absolute atomic E-state index is 0.128. The summed E-state index contributed by atoms with van der Waals surface area (Å²) in [4.78, 5) is 14.8. The maximum atomic E-state index is 12.9. The zero-order chi connectivity index (χ0) is 23.5. The summed E-state index contributed by atoms with van der Waals surface area (Å²) in [5.74, 6) is -0.132. The SMILES string of the molecule is O=C(c1ccc(NS(=O)(=O)C2=CC=CCC2Cl)cc1)N1CCC(O)(Cc2ccccc2)CC1. The van der Waals surface area contributed by atoms with Crippen LogP contribution in [0.5, 0.6) is 0 Å². The van der Waals surface area contributed by atoms with E-state index in [-0.39, 0.29) is 10.8 Å². The maximum Gasteiger partial charge on any atom is 0.259 e. The molecule has 1 unspecified atom stereocenters. The van der Waals surface area contributed by atoms with Crippen LogP contribution in [0.15, 0.2) is 77.7 Å². The minimum atomic E-state index is -3.77. The van der Waals surface area contributed by atoms with Crippen LogP contribution >= 0.6 is 11.6 Å². The van der Waals surface area contributed by atoms with Crippen LogP contribution in [-0.2, 0) is 16.4 Å². The van der Waals surface area contributed by atoms with Crippen LogP contribution in [0.3, 0.4) is 0 Å². The number of nitrogens with one attached hydrogen (secondary N) is 1. The molecule has 8 heteroatoms. The molecule has 1 saturated heterocycles. The molecule has 33 heavy (non-hydrogen) atoms. The predicted octanol–water partition coefficient (Wildman–Crippen LogP) is 4.09. The number of rotatable bonds is 6. The van der Waals surface area contributed by atoms with Gasteiger partial charge in [0.05, 0.1) is 15.9 Å². The number of carbonyl (C=O) groups is 1. The van der Waals surface area contributed by atoms with E-state index in [1.54, 1.807) is 35.2 Å². The molecule has 1 amide bonds. The van der Waals surface area contributed by atoms with E-state index in [9.17, 15) is 18.3 Å². The normalized spacial score (nSPS) is 20.2. The van der Waals surface area contributed by atoms with E-state index in [2.05, 4.69) is 4.72 Å². The van der Waals surface area contributed by atoms with E-state index in [4.69, 9.17) is 11.6 Å². The number of alkyl halides is 1. The number of halogens is 1. The zero-order valence-electron chi connectivity index (χ0n) is 18.2. The second kappa shape index (κ2) is 9.71. The van der Waals surface area contributed by atoms with E-state index in [0.717, 1.165) is 5.56 Å². The van der Waals surface area contributed by atoms with E-state index >= 15 is 0 Å². The monoisotopic (exact) mass is 486 g/mol. The third-order valence-corrected chi connectivity index (χ3v) is 8.19. The Labute approximate surface area is 199 Å². The second-order valence-corrected chi connectivity index (χ2v) is 10.8.